The molecule has 0 aromatic rings. The van der Waals surface area contributed by atoms with Crippen LogP contribution in [-0.4, -0.2) is 35.0 Å². The molecule has 5 heteroatoms. The van der Waals surface area contributed by atoms with Crippen molar-refractivity contribution in [2.24, 2.45) is 0 Å². The molecule has 0 aromatic heterocycles. The van der Waals surface area contributed by atoms with Crippen LogP contribution in [0.1, 0.15) is 13.3 Å². The summed E-state index contributed by atoms with van der Waals surface area (Å²) in [6, 6.07) is 0. The van der Waals surface area contributed by atoms with Gasteiger partial charge in [-0.2, -0.15) is 0 Å². The maximum atomic E-state index is 11.2. The van der Waals surface area contributed by atoms with Gasteiger partial charge in [0.25, 0.3) is 0 Å². The summed E-state index contributed by atoms with van der Waals surface area (Å²) in [5.41, 5.74) is 0. The first-order chi connectivity index (χ1) is 6.15. The van der Waals surface area contributed by atoms with Crippen molar-refractivity contribution in [3.63, 3.8) is 0 Å². The van der Waals surface area contributed by atoms with Gasteiger partial charge in [-0.25, -0.2) is 0 Å². The summed E-state index contributed by atoms with van der Waals surface area (Å²) in [4.78, 5) is 22.1. The molecule has 0 aromatic carbocycles. The number of alkyl halides is 1. The Morgan fingerprint density at radius 2 is 2.54 bits per heavy atom. The molecule has 0 radical (unpaired) electrons. The number of ether oxygens (including phenoxy) is 2. The van der Waals surface area contributed by atoms with Gasteiger partial charge in [-0.05, 0) is 6.92 Å². The number of ketones is 1. The van der Waals surface area contributed by atoms with Crippen molar-refractivity contribution >= 4 is 34.3 Å². The third kappa shape index (κ3) is 2.91. The zero-order valence-corrected chi connectivity index (χ0v) is 9.44. The standard InChI is InChI=1S/C8H11IO4/c1-2-12-8(11)7(9)6-3-5(10)4-13-6/h6-7H,2-4H2,1H3/t6?,7-/m1/s1. The average molecular weight is 298 g/mol. The van der Waals surface area contributed by atoms with Crippen LogP contribution >= 0.6 is 22.6 Å². The second kappa shape index (κ2) is 4.90. The highest BCUT2D eigenvalue weighted by molar-refractivity contribution is 14.1. The minimum atomic E-state index is -0.371. The lowest BCUT2D eigenvalue weighted by Gasteiger charge is -2.14. The van der Waals surface area contributed by atoms with Crippen LogP contribution in [0.2, 0.25) is 0 Å². The zero-order valence-electron chi connectivity index (χ0n) is 7.29. The highest BCUT2D eigenvalue weighted by Crippen LogP contribution is 2.20. The molecule has 1 fully saturated rings. The third-order valence-corrected chi connectivity index (χ3v) is 3.04. The van der Waals surface area contributed by atoms with Gasteiger partial charge >= 0.3 is 5.97 Å². The summed E-state index contributed by atoms with van der Waals surface area (Å²) in [5.74, 6) is -0.251. The first kappa shape index (κ1) is 10.9. The molecule has 0 aliphatic carbocycles. The van der Waals surface area contributed by atoms with Crippen LogP contribution in [0.4, 0.5) is 0 Å². The lowest BCUT2D eigenvalue weighted by atomic mass is 10.2. The van der Waals surface area contributed by atoms with E-state index < -0.39 is 0 Å². The molecule has 1 aliphatic rings. The lowest BCUT2D eigenvalue weighted by molar-refractivity contribution is -0.144. The van der Waals surface area contributed by atoms with Crippen LogP contribution in [0.15, 0.2) is 0 Å². The molecule has 0 bridgehead atoms. The molecule has 74 valence electrons. The predicted molar refractivity (Wildman–Crippen MR) is 53.8 cm³/mol. The van der Waals surface area contributed by atoms with E-state index in [2.05, 4.69) is 0 Å². The van der Waals surface area contributed by atoms with Gasteiger partial charge in [0.2, 0.25) is 0 Å². The second-order valence-corrected chi connectivity index (χ2v) is 4.09. The fraction of sp³-hybridized carbons (Fsp3) is 0.750. The van der Waals surface area contributed by atoms with E-state index in [1.54, 1.807) is 6.92 Å². The van der Waals surface area contributed by atoms with E-state index in [-0.39, 0.29) is 28.4 Å². The number of carbonyl (C=O) groups is 2. The number of hydrogen-bond acceptors (Lipinski definition) is 4. The van der Waals surface area contributed by atoms with Crippen molar-refractivity contribution in [1.29, 1.82) is 0 Å². The van der Waals surface area contributed by atoms with Crippen LogP contribution in [0.25, 0.3) is 0 Å². The number of hydrogen-bond donors (Lipinski definition) is 0. The van der Waals surface area contributed by atoms with Crippen molar-refractivity contribution in [2.45, 2.75) is 23.4 Å². The molecule has 1 rings (SSSR count). The van der Waals surface area contributed by atoms with E-state index in [0.717, 1.165) is 0 Å². The maximum Gasteiger partial charge on any atom is 0.321 e. The van der Waals surface area contributed by atoms with Gasteiger partial charge in [0.15, 0.2) is 5.78 Å². The molecule has 1 aliphatic heterocycles. The maximum absolute atomic E-state index is 11.2. The summed E-state index contributed by atoms with van der Waals surface area (Å²) in [5, 5.41) is 0. The van der Waals surface area contributed by atoms with Crippen molar-refractivity contribution in [3.05, 3.63) is 0 Å². The van der Waals surface area contributed by atoms with Gasteiger partial charge in [-0.1, -0.05) is 22.6 Å². The molecule has 0 N–H and O–H groups in total. The number of Topliss-reactive ketones (excluding diaryl/α,β-unsaturated/α-hetero) is 1. The molecule has 1 unspecified atom stereocenters. The normalized spacial score (nSPS) is 24.5. The number of carbonyl (C=O) groups excluding carboxylic acids is 2. The fourth-order valence-electron chi connectivity index (χ4n) is 1.10. The second-order valence-electron chi connectivity index (χ2n) is 2.75. The van der Waals surface area contributed by atoms with Gasteiger partial charge in [-0.15, -0.1) is 0 Å². The molecule has 0 saturated carbocycles. The van der Waals surface area contributed by atoms with E-state index in [4.69, 9.17) is 9.47 Å². The zero-order chi connectivity index (χ0) is 9.84. The van der Waals surface area contributed by atoms with Crippen LogP contribution < -0.4 is 0 Å². The van der Waals surface area contributed by atoms with E-state index in [1.807, 2.05) is 22.6 Å². The van der Waals surface area contributed by atoms with E-state index in [1.165, 1.54) is 0 Å². The molecule has 0 amide bonds. The molecule has 2 atom stereocenters. The molecule has 13 heavy (non-hydrogen) atoms. The number of rotatable bonds is 3. The Labute approximate surface area is 90.1 Å². The Morgan fingerprint density at radius 3 is 3.00 bits per heavy atom. The lowest BCUT2D eigenvalue weighted by Crippen LogP contribution is -2.29. The molecule has 4 nitrogen and oxygen atoms in total. The Kier molecular flexibility index (Phi) is 4.11. The predicted octanol–water partition coefficient (Wildman–Crippen LogP) is 0.711. The minimum Gasteiger partial charge on any atom is -0.465 e. The quantitative estimate of drug-likeness (QED) is 0.437. The van der Waals surface area contributed by atoms with Crippen molar-refractivity contribution in [1.82, 2.24) is 0 Å². The van der Waals surface area contributed by atoms with Crippen LogP contribution in [0.5, 0.6) is 0 Å². The smallest absolute Gasteiger partial charge is 0.321 e. The Hall–Kier alpha value is -0.170. The van der Waals surface area contributed by atoms with Crippen LogP contribution in [0.3, 0.4) is 0 Å². The van der Waals surface area contributed by atoms with E-state index in [9.17, 15) is 9.59 Å². The Morgan fingerprint density at radius 1 is 1.85 bits per heavy atom. The highest BCUT2D eigenvalue weighted by atomic mass is 127. The summed E-state index contributed by atoms with van der Waals surface area (Å²) < 4.78 is 9.58. The van der Waals surface area contributed by atoms with E-state index >= 15 is 0 Å². The summed E-state index contributed by atoms with van der Waals surface area (Å²) in [7, 11) is 0. The fourth-order valence-corrected chi connectivity index (χ4v) is 1.75. The monoisotopic (exact) mass is 298 g/mol. The molecule has 1 heterocycles. The topological polar surface area (TPSA) is 52.6 Å². The average Bonchev–Trinajstić information content (AvgIpc) is 2.51. The molecular formula is C8H11IO4. The summed E-state index contributed by atoms with van der Waals surface area (Å²) in [6.07, 6.45) is 0.0269. The molecule has 0 spiro atoms. The highest BCUT2D eigenvalue weighted by Gasteiger charge is 2.34. The first-order valence-corrected chi connectivity index (χ1v) is 5.33. The number of esters is 1. The van der Waals surface area contributed by atoms with Crippen molar-refractivity contribution < 1.29 is 19.1 Å². The van der Waals surface area contributed by atoms with Crippen LogP contribution in [-0.2, 0) is 19.1 Å². The van der Waals surface area contributed by atoms with Gasteiger partial charge in [0, 0.05) is 6.42 Å². The SMILES string of the molecule is CCOC(=O)[C@H](I)C1CC(=O)CO1. The van der Waals surface area contributed by atoms with Gasteiger partial charge < -0.3 is 9.47 Å². The molecule has 1 saturated heterocycles. The van der Waals surface area contributed by atoms with Gasteiger partial charge in [0.05, 0.1) is 12.7 Å². The third-order valence-electron chi connectivity index (χ3n) is 1.73. The van der Waals surface area contributed by atoms with Gasteiger partial charge in [-0.3, -0.25) is 9.59 Å². The van der Waals surface area contributed by atoms with Crippen LogP contribution in [0, 0.1) is 0 Å². The van der Waals surface area contributed by atoms with Crippen molar-refractivity contribution in [2.75, 3.05) is 13.2 Å². The minimum absolute atomic E-state index is 0.0518. The largest absolute Gasteiger partial charge is 0.465 e. The summed E-state index contributed by atoms with van der Waals surface area (Å²) >= 11 is 1.95. The Balaban J connectivity index is 2.43. The summed E-state index contributed by atoms with van der Waals surface area (Å²) in [6.45, 7) is 2.24. The van der Waals surface area contributed by atoms with Gasteiger partial charge in [0.1, 0.15) is 10.5 Å². The van der Waals surface area contributed by atoms with Crippen molar-refractivity contribution in [3.8, 4) is 0 Å². The van der Waals surface area contributed by atoms with E-state index in [0.29, 0.717) is 13.0 Å². The molecular weight excluding hydrogens is 287 g/mol. The Bertz CT molecular complexity index is 216. The number of halogens is 1. The first-order valence-electron chi connectivity index (χ1n) is 4.09.